The lowest BCUT2D eigenvalue weighted by molar-refractivity contribution is -0.125. The molecule has 2 aromatic carbocycles. The van der Waals surface area contributed by atoms with Gasteiger partial charge in [0, 0.05) is 49.1 Å². The van der Waals surface area contributed by atoms with Gasteiger partial charge in [0.05, 0.1) is 21.3 Å². The van der Waals surface area contributed by atoms with Gasteiger partial charge >= 0.3 is 0 Å². The van der Waals surface area contributed by atoms with E-state index in [1.165, 1.54) is 0 Å². The molecule has 0 spiro atoms. The summed E-state index contributed by atoms with van der Waals surface area (Å²) in [5.74, 6) is 2.58. The summed E-state index contributed by atoms with van der Waals surface area (Å²) in [6, 6.07) is 16.5. The molecule has 0 radical (unpaired) electrons. The highest BCUT2D eigenvalue weighted by atomic mass is 16.5. The summed E-state index contributed by atoms with van der Waals surface area (Å²) >= 11 is 0. The van der Waals surface area contributed by atoms with Crippen LogP contribution in [0.5, 0.6) is 17.2 Å². The van der Waals surface area contributed by atoms with Gasteiger partial charge in [0.2, 0.25) is 5.91 Å². The normalized spacial score (nSPS) is 13.5. The minimum absolute atomic E-state index is 0.0452. The summed E-state index contributed by atoms with van der Waals surface area (Å²) in [6.45, 7) is 1.95. The lowest BCUT2D eigenvalue weighted by Gasteiger charge is -2.32. The molecule has 0 saturated carbocycles. The van der Waals surface area contributed by atoms with Crippen molar-refractivity contribution < 1.29 is 23.8 Å². The zero-order valence-electron chi connectivity index (χ0n) is 22.0. The van der Waals surface area contributed by atoms with Gasteiger partial charge < -0.3 is 29.7 Å². The number of hydrogen-bond donors (Lipinski definition) is 2. The summed E-state index contributed by atoms with van der Waals surface area (Å²) in [5, 5.41) is 5.97. The van der Waals surface area contributed by atoms with Gasteiger partial charge in [0.15, 0.2) is 11.5 Å². The summed E-state index contributed by atoms with van der Waals surface area (Å²) in [5.41, 5.74) is 2.25. The molecule has 38 heavy (non-hydrogen) atoms. The predicted octanol–water partition coefficient (Wildman–Crippen LogP) is 3.94. The highest BCUT2D eigenvalue weighted by Crippen LogP contribution is 2.28. The van der Waals surface area contributed by atoms with E-state index in [1.54, 1.807) is 45.7 Å². The average molecular weight is 519 g/mol. The van der Waals surface area contributed by atoms with Crippen LogP contribution in [0.1, 0.15) is 28.8 Å². The molecule has 4 rings (SSSR count). The molecule has 1 aliphatic heterocycles. The Balaban J connectivity index is 1.26. The maximum Gasteiger partial charge on any atom is 0.255 e. The molecule has 1 aliphatic rings. The predicted molar refractivity (Wildman–Crippen MR) is 146 cm³/mol. The smallest absolute Gasteiger partial charge is 0.255 e. The van der Waals surface area contributed by atoms with Crippen molar-refractivity contribution in [2.75, 3.05) is 51.2 Å². The fraction of sp³-hybridized carbons (Fsp3) is 0.345. The van der Waals surface area contributed by atoms with Crippen molar-refractivity contribution in [2.45, 2.75) is 19.3 Å². The zero-order valence-corrected chi connectivity index (χ0v) is 22.0. The van der Waals surface area contributed by atoms with Gasteiger partial charge in [-0.1, -0.05) is 12.1 Å². The molecular formula is C29H34N4O5. The molecule has 2 heterocycles. The number of amides is 2. The average Bonchev–Trinajstić information content (AvgIpc) is 2.97. The Labute approximate surface area is 223 Å². The number of pyridine rings is 1. The van der Waals surface area contributed by atoms with Gasteiger partial charge in [-0.3, -0.25) is 9.59 Å². The number of anilines is 2. The monoisotopic (exact) mass is 518 g/mol. The molecule has 9 heteroatoms. The molecule has 200 valence electrons. The Morgan fingerprint density at radius 3 is 2.47 bits per heavy atom. The van der Waals surface area contributed by atoms with Crippen molar-refractivity contribution >= 4 is 23.3 Å². The largest absolute Gasteiger partial charge is 0.497 e. The van der Waals surface area contributed by atoms with Crippen LogP contribution in [0.25, 0.3) is 0 Å². The summed E-state index contributed by atoms with van der Waals surface area (Å²) in [6.07, 6.45) is 3.80. The van der Waals surface area contributed by atoms with Crippen molar-refractivity contribution in [1.29, 1.82) is 0 Å². The van der Waals surface area contributed by atoms with E-state index < -0.39 is 0 Å². The van der Waals surface area contributed by atoms with Crippen LogP contribution in [0.2, 0.25) is 0 Å². The first-order valence-electron chi connectivity index (χ1n) is 12.7. The molecule has 3 aromatic rings. The number of hydrogen-bond acceptors (Lipinski definition) is 7. The number of piperidine rings is 1. The molecule has 1 saturated heterocycles. The van der Waals surface area contributed by atoms with Crippen LogP contribution in [0.4, 0.5) is 11.5 Å². The molecule has 9 nitrogen and oxygen atoms in total. The molecule has 2 N–H and O–H groups in total. The third kappa shape index (κ3) is 6.73. The van der Waals surface area contributed by atoms with Crippen LogP contribution in [0.15, 0.2) is 60.8 Å². The van der Waals surface area contributed by atoms with Crippen LogP contribution in [-0.2, 0) is 11.2 Å². The first kappa shape index (κ1) is 26.8. The second-order valence-electron chi connectivity index (χ2n) is 9.08. The van der Waals surface area contributed by atoms with Crippen LogP contribution in [-0.4, -0.2) is 57.8 Å². The molecule has 2 amide bonds. The van der Waals surface area contributed by atoms with E-state index in [0.29, 0.717) is 54.6 Å². The maximum atomic E-state index is 12.8. The number of nitrogens with zero attached hydrogens (tertiary/aromatic N) is 2. The lowest BCUT2D eigenvalue weighted by atomic mass is 9.95. The highest BCUT2D eigenvalue weighted by molar-refractivity contribution is 6.04. The molecular weight excluding hydrogens is 484 g/mol. The Bertz CT molecular complexity index is 1260. The Kier molecular flexibility index (Phi) is 9.02. The quantitative estimate of drug-likeness (QED) is 0.419. The number of methoxy groups -OCH3 is 3. The van der Waals surface area contributed by atoms with Gasteiger partial charge in [-0.25, -0.2) is 4.98 Å². The Morgan fingerprint density at radius 1 is 0.947 bits per heavy atom. The van der Waals surface area contributed by atoms with Crippen LogP contribution in [0, 0.1) is 5.92 Å². The summed E-state index contributed by atoms with van der Waals surface area (Å²) in [4.78, 5) is 32.1. The topological polar surface area (TPSA) is 102 Å². The Morgan fingerprint density at radius 2 is 1.74 bits per heavy atom. The van der Waals surface area contributed by atoms with E-state index >= 15 is 0 Å². The fourth-order valence-electron chi connectivity index (χ4n) is 4.52. The minimum Gasteiger partial charge on any atom is -0.497 e. The van der Waals surface area contributed by atoms with Crippen molar-refractivity contribution in [1.82, 2.24) is 10.3 Å². The summed E-state index contributed by atoms with van der Waals surface area (Å²) in [7, 11) is 4.80. The highest BCUT2D eigenvalue weighted by Gasteiger charge is 2.25. The van der Waals surface area contributed by atoms with Crippen LogP contribution in [0.3, 0.4) is 0 Å². The number of ether oxygens (including phenoxy) is 3. The van der Waals surface area contributed by atoms with E-state index in [2.05, 4.69) is 20.5 Å². The summed E-state index contributed by atoms with van der Waals surface area (Å²) < 4.78 is 15.8. The van der Waals surface area contributed by atoms with Crippen molar-refractivity contribution in [3.8, 4) is 17.2 Å². The maximum absolute atomic E-state index is 12.8. The van der Waals surface area contributed by atoms with Crippen molar-refractivity contribution in [3.05, 3.63) is 71.9 Å². The van der Waals surface area contributed by atoms with Gasteiger partial charge in [-0.15, -0.1) is 0 Å². The number of benzene rings is 2. The number of aromatic nitrogens is 1. The van der Waals surface area contributed by atoms with Gasteiger partial charge in [-0.05, 0) is 61.2 Å². The molecule has 0 unspecified atom stereocenters. The van der Waals surface area contributed by atoms with E-state index in [4.69, 9.17) is 14.2 Å². The molecule has 0 aliphatic carbocycles. The second kappa shape index (κ2) is 12.8. The number of carbonyl (C=O) groups excluding carboxylic acids is 2. The molecule has 0 atom stereocenters. The SMILES string of the molecule is COc1cccc(NC(=O)c2ccnc(N3CCC(C(=O)NCCc4ccc(OC)c(OC)c4)CC3)c2)c1. The Hall–Kier alpha value is -4.27. The first-order valence-corrected chi connectivity index (χ1v) is 12.7. The number of carbonyl (C=O) groups is 2. The van der Waals surface area contributed by atoms with Crippen molar-refractivity contribution in [2.24, 2.45) is 5.92 Å². The number of rotatable bonds is 10. The van der Waals surface area contributed by atoms with Crippen molar-refractivity contribution in [3.63, 3.8) is 0 Å². The molecule has 0 bridgehead atoms. The van der Waals surface area contributed by atoms with Crippen LogP contribution >= 0.6 is 0 Å². The van der Waals surface area contributed by atoms with Gasteiger partial charge in [0.25, 0.3) is 5.91 Å². The standard InChI is InChI=1S/C29H34N4O5/c1-36-24-6-4-5-23(19-24)32-29(35)22-10-14-30-27(18-22)33-15-11-21(12-16-33)28(34)31-13-9-20-7-8-25(37-2)26(17-20)38-3/h4-8,10,14,17-19,21H,9,11-13,15-16H2,1-3H3,(H,31,34)(H,32,35). The van der Waals surface area contributed by atoms with E-state index in [0.717, 1.165) is 24.2 Å². The zero-order chi connectivity index (χ0) is 26.9. The lowest BCUT2D eigenvalue weighted by Crippen LogP contribution is -2.41. The van der Waals surface area contributed by atoms with Gasteiger partial charge in [0.1, 0.15) is 11.6 Å². The minimum atomic E-state index is -0.217. The molecule has 1 aromatic heterocycles. The fourth-order valence-corrected chi connectivity index (χ4v) is 4.52. The van der Waals surface area contributed by atoms with E-state index in [-0.39, 0.29) is 17.7 Å². The third-order valence-corrected chi connectivity index (χ3v) is 6.69. The molecule has 1 fully saturated rings. The third-order valence-electron chi connectivity index (χ3n) is 6.69. The van der Waals surface area contributed by atoms with E-state index in [9.17, 15) is 9.59 Å². The number of nitrogens with one attached hydrogen (secondary N) is 2. The second-order valence-corrected chi connectivity index (χ2v) is 9.08. The first-order chi connectivity index (χ1) is 18.5. The van der Waals surface area contributed by atoms with Gasteiger partial charge in [-0.2, -0.15) is 0 Å². The van der Waals surface area contributed by atoms with Crippen LogP contribution < -0.4 is 29.7 Å². The van der Waals surface area contributed by atoms with E-state index in [1.807, 2.05) is 36.4 Å².